The summed E-state index contributed by atoms with van der Waals surface area (Å²) in [6, 6.07) is -0.350. The zero-order chi connectivity index (χ0) is 15.9. The zero-order valence-corrected chi connectivity index (χ0v) is 13.6. The average Bonchev–Trinajstić information content (AvgIpc) is 2.87. The quantitative estimate of drug-likeness (QED) is 0.606. The Bertz CT molecular complexity index is 311. The highest BCUT2D eigenvalue weighted by atomic mass is 16.5. The topological polar surface area (TPSA) is 79.8 Å². The summed E-state index contributed by atoms with van der Waals surface area (Å²) in [7, 11) is 0. The number of carbonyl (C=O) groups is 1. The molecule has 0 aliphatic carbocycles. The molecule has 0 spiro atoms. The molecule has 1 fully saturated rings. The second kappa shape index (κ2) is 8.68. The Morgan fingerprint density at radius 3 is 2.76 bits per heavy atom. The molecule has 1 heterocycles. The molecule has 1 aliphatic heterocycles. The van der Waals surface area contributed by atoms with Gasteiger partial charge in [0, 0.05) is 18.7 Å². The number of hydrogen-bond donors (Lipinski definition) is 3. The van der Waals surface area contributed by atoms with E-state index in [4.69, 9.17) is 9.47 Å². The molecule has 3 unspecified atom stereocenters. The molecule has 1 saturated heterocycles. The molecular formula is C15H30N2O4. The van der Waals surface area contributed by atoms with E-state index in [9.17, 15) is 9.90 Å². The standard InChI is InChI=1S/C15H30N2O4/c1-11(14(19)17-15(2,3)4)16-8-12(18)9-20-10-13-6-5-7-21-13/h11-13,16,18H,5-10H2,1-4H3,(H,17,19). The predicted octanol–water partition coefficient (Wildman–Crippen LogP) is 0.436. The molecular weight excluding hydrogens is 272 g/mol. The van der Waals surface area contributed by atoms with E-state index in [0.29, 0.717) is 13.2 Å². The van der Waals surface area contributed by atoms with Crippen LogP contribution < -0.4 is 10.6 Å². The minimum Gasteiger partial charge on any atom is -0.389 e. The SMILES string of the molecule is CC(NCC(O)COCC1CCCO1)C(=O)NC(C)(C)C. The Kier molecular flexibility index (Phi) is 7.59. The molecule has 1 aliphatic rings. The number of amides is 1. The number of carbonyl (C=O) groups excluding carboxylic acids is 1. The summed E-state index contributed by atoms with van der Waals surface area (Å²) in [5.74, 6) is -0.0741. The van der Waals surface area contributed by atoms with Crippen molar-refractivity contribution in [3.63, 3.8) is 0 Å². The molecule has 6 heteroatoms. The highest BCUT2D eigenvalue weighted by molar-refractivity contribution is 5.81. The van der Waals surface area contributed by atoms with Gasteiger partial charge in [0.05, 0.1) is 31.5 Å². The van der Waals surface area contributed by atoms with Gasteiger partial charge in [-0.3, -0.25) is 4.79 Å². The van der Waals surface area contributed by atoms with Crippen LogP contribution >= 0.6 is 0 Å². The smallest absolute Gasteiger partial charge is 0.237 e. The van der Waals surface area contributed by atoms with Gasteiger partial charge in [0.1, 0.15) is 0 Å². The van der Waals surface area contributed by atoms with Crippen LogP contribution in [0.15, 0.2) is 0 Å². The first-order valence-electron chi connectivity index (χ1n) is 7.71. The summed E-state index contributed by atoms with van der Waals surface area (Å²) in [6.45, 7) is 9.49. The molecule has 0 aromatic heterocycles. The summed E-state index contributed by atoms with van der Waals surface area (Å²) in [6.07, 6.45) is 1.65. The minimum absolute atomic E-state index is 0.0741. The first-order chi connectivity index (χ1) is 9.78. The van der Waals surface area contributed by atoms with E-state index >= 15 is 0 Å². The van der Waals surface area contributed by atoms with E-state index < -0.39 is 6.10 Å². The van der Waals surface area contributed by atoms with Gasteiger partial charge in [0.15, 0.2) is 0 Å². The zero-order valence-electron chi connectivity index (χ0n) is 13.6. The summed E-state index contributed by atoms with van der Waals surface area (Å²) >= 11 is 0. The number of aliphatic hydroxyl groups excluding tert-OH is 1. The van der Waals surface area contributed by atoms with Crippen molar-refractivity contribution in [1.82, 2.24) is 10.6 Å². The molecule has 0 aromatic rings. The monoisotopic (exact) mass is 302 g/mol. The van der Waals surface area contributed by atoms with Crippen molar-refractivity contribution < 1.29 is 19.4 Å². The van der Waals surface area contributed by atoms with Gasteiger partial charge >= 0.3 is 0 Å². The van der Waals surface area contributed by atoms with Crippen LogP contribution in [0.2, 0.25) is 0 Å². The van der Waals surface area contributed by atoms with Crippen molar-refractivity contribution in [3.8, 4) is 0 Å². The van der Waals surface area contributed by atoms with Gasteiger partial charge in [-0.15, -0.1) is 0 Å². The van der Waals surface area contributed by atoms with Gasteiger partial charge in [-0.1, -0.05) is 0 Å². The number of aliphatic hydroxyl groups is 1. The molecule has 3 atom stereocenters. The molecule has 1 rings (SSSR count). The van der Waals surface area contributed by atoms with Gasteiger partial charge in [0.2, 0.25) is 5.91 Å². The van der Waals surface area contributed by atoms with Crippen LogP contribution in [0.3, 0.4) is 0 Å². The summed E-state index contributed by atoms with van der Waals surface area (Å²) in [5, 5.41) is 15.7. The second-order valence-corrected chi connectivity index (χ2v) is 6.70. The first-order valence-corrected chi connectivity index (χ1v) is 7.71. The third kappa shape index (κ3) is 8.36. The van der Waals surface area contributed by atoms with Crippen LogP contribution in [0, 0.1) is 0 Å². The Labute approximate surface area is 127 Å². The summed E-state index contributed by atoms with van der Waals surface area (Å²) < 4.78 is 10.9. The van der Waals surface area contributed by atoms with E-state index in [1.807, 2.05) is 20.8 Å². The molecule has 3 N–H and O–H groups in total. The van der Waals surface area contributed by atoms with Gasteiger partial charge in [-0.05, 0) is 40.5 Å². The third-order valence-electron chi connectivity index (χ3n) is 3.19. The lowest BCUT2D eigenvalue weighted by Gasteiger charge is -2.24. The highest BCUT2D eigenvalue weighted by Crippen LogP contribution is 2.11. The van der Waals surface area contributed by atoms with Gasteiger partial charge in [-0.25, -0.2) is 0 Å². The Morgan fingerprint density at radius 1 is 1.48 bits per heavy atom. The first kappa shape index (κ1) is 18.4. The Hall–Kier alpha value is -0.690. The maximum atomic E-state index is 11.9. The Balaban J connectivity index is 2.10. The largest absolute Gasteiger partial charge is 0.389 e. The summed E-state index contributed by atoms with van der Waals surface area (Å²) in [5.41, 5.74) is -0.254. The van der Waals surface area contributed by atoms with E-state index in [-0.39, 0.29) is 30.2 Å². The molecule has 124 valence electrons. The highest BCUT2D eigenvalue weighted by Gasteiger charge is 2.20. The fraction of sp³-hybridized carbons (Fsp3) is 0.933. The Morgan fingerprint density at radius 2 is 2.19 bits per heavy atom. The van der Waals surface area contributed by atoms with E-state index in [1.165, 1.54) is 0 Å². The molecule has 0 aromatic carbocycles. The number of hydrogen-bond acceptors (Lipinski definition) is 5. The lowest BCUT2D eigenvalue weighted by atomic mass is 10.1. The number of ether oxygens (including phenoxy) is 2. The predicted molar refractivity (Wildman–Crippen MR) is 81.2 cm³/mol. The van der Waals surface area contributed by atoms with Crippen molar-refractivity contribution in [3.05, 3.63) is 0 Å². The van der Waals surface area contributed by atoms with Gasteiger partial charge < -0.3 is 25.2 Å². The molecule has 1 amide bonds. The number of nitrogens with one attached hydrogen (secondary N) is 2. The van der Waals surface area contributed by atoms with Crippen LogP contribution in [0.1, 0.15) is 40.5 Å². The van der Waals surface area contributed by atoms with Crippen LogP contribution in [0.5, 0.6) is 0 Å². The summed E-state index contributed by atoms with van der Waals surface area (Å²) in [4.78, 5) is 11.9. The molecule has 21 heavy (non-hydrogen) atoms. The molecule has 6 nitrogen and oxygen atoms in total. The molecule has 0 bridgehead atoms. The lowest BCUT2D eigenvalue weighted by Crippen LogP contribution is -2.51. The van der Waals surface area contributed by atoms with E-state index in [2.05, 4.69) is 10.6 Å². The maximum Gasteiger partial charge on any atom is 0.237 e. The van der Waals surface area contributed by atoms with Crippen molar-refractivity contribution in [2.75, 3.05) is 26.4 Å². The van der Waals surface area contributed by atoms with Crippen LogP contribution in [0.25, 0.3) is 0 Å². The van der Waals surface area contributed by atoms with Gasteiger partial charge in [-0.2, -0.15) is 0 Å². The second-order valence-electron chi connectivity index (χ2n) is 6.70. The van der Waals surface area contributed by atoms with Crippen molar-refractivity contribution >= 4 is 5.91 Å². The van der Waals surface area contributed by atoms with Crippen molar-refractivity contribution in [2.45, 2.75) is 64.3 Å². The molecule has 0 saturated carbocycles. The molecule has 0 radical (unpaired) electrons. The fourth-order valence-electron chi connectivity index (χ4n) is 2.05. The lowest BCUT2D eigenvalue weighted by molar-refractivity contribution is -0.124. The third-order valence-corrected chi connectivity index (χ3v) is 3.19. The van der Waals surface area contributed by atoms with Crippen LogP contribution in [0.4, 0.5) is 0 Å². The van der Waals surface area contributed by atoms with Crippen LogP contribution in [-0.2, 0) is 14.3 Å². The fourth-order valence-corrected chi connectivity index (χ4v) is 2.05. The number of rotatable bonds is 8. The minimum atomic E-state index is -0.628. The van der Waals surface area contributed by atoms with Gasteiger partial charge in [0.25, 0.3) is 0 Å². The van der Waals surface area contributed by atoms with Crippen LogP contribution in [-0.4, -0.2) is 61.2 Å². The average molecular weight is 302 g/mol. The maximum absolute atomic E-state index is 11.9. The van der Waals surface area contributed by atoms with E-state index in [1.54, 1.807) is 6.92 Å². The van der Waals surface area contributed by atoms with Crippen molar-refractivity contribution in [2.24, 2.45) is 0 Å². The normalized spacial score (nSPS) is 22.0. The van der Waals surface area contributed by atoms with Crippen molar-refractivity contribution in [1.29, 1.82) is 0 Å². The van der Waals surface area contributed by atoms with E-state index in [0.717, 1.165) is 19.4 Å².